The highest BCUT2D eigenvalue weighted by molar-refractivity contribution is 5.72. The zero-order valence-corrected chi connectivity index (χ0v) is 37.4. The molecule has 9 nitrogen and oxygen atoms in total. The Kier molecular flexibility index (Phi) is 37.9. The Bertz CT molecular complexity index is 1330. The monoisotopic (exact) mass is 823 g/mol. The minimum atomic E-state index is -1.54. The number of carbonyl (C=O) groups is 3. The molecule has 0 heterocycles. The number of esters is 2. The van der Waals surface area contributed by atoms with Crippen molar-refractivity contribution in [2.45, 2.75) is 142 Å². The first kappa shape index (κ1) is 55.0. The van der Waals surface area contributed by atoms with Crippen LogP contribution in [0.3, 0.4) is 0 Å². The summed E-state index contributed by atoms with van der Waals surface area (Å²) in [6.07, 6.45) is 51.8. The Hall–Kier alpha value is -4.05. The Morgan fingerprint density at radius 1 is 0.525 bits per heavy atom. The minimum Gasteiger partial charge on any atom is -0.477 e. The molecular weight excluding hydrogens is 743 g/mol. The van der Waals surface area contributed by atoms with Gasteiger partial charge in [-0.15, -0.1) is 0 Å². The van der Waals surface area contributed by atoms with Crippen LogP contribution in [0.4, 0.5) is 0 Å². The van der Waals surface area contributed by atoms with E-state index in [0.29, 0.717) is 23.9 Å². The van der Waals surface area contributed by atoms with Crippen LogP contribution in [0, 0.1) is 0 Å². The lowest BCUT2D eigenvalue weighted by Gasteiger charge is -2.25. The average Bonchev–Trinajstić information content (AvgIpc) is 3.19. The fraction of sp³-hybridized carbons (Fsp3) is 0.580. The highest BCUT2D eigenvalue weighted by Gasteiger charge is 2.24. The molecule has 2 unspecified atom stereocenters. The van der Waals surface area contributed by atoms with Crippen LogP contribution in [0.1, 0.15) is 129 Å². The number of rotatable bonds is 38. The summed E-state index contributed by atoms with van der Waals surface area (Å²) in [5, 5.41) is 9.62. The number of likely N-dealkylation sites (N-methyl/N-ethyl adjacent to an activating group) is 1. The van der Waals surface area contributed by atoms with E-state index in [1.165, 1.54) is 0 Å². The smallest absolute Gasteiger partial charge is 0.361 e. The Balaban J connectivity index is 4.60. The molecule has 0 aliphatic carbocycles. The summed E-state index contributed by atoms with van der Waals surface area (Å²) < 4.78 is 22.5. The molecule has 0 aromatic heterocycles. The molecule has 0 aromatic carbocycles. The van der Waals surface area contributed by atoms with Gasteiger partial charge in [0.1, 0.15) is 13.2 Å². The van der Waals surface area contributed by atoms with Crippen molar-refractivity contribution >= 4 is 17.9 Å². The number of aliphatic carboxylic acids is 1. The maximum Gasteiger partial charge on any atom is 0.361 e. The fourth-order valence-electron chi connectivity index (χ4n) is 5.19. The average molecular weight is 823 g/mol. The summed E-state index contributed by atoms with van der Waals surface area (Å²) in [5.41, 5.74) is 0. The van der Waals surface area contributed by atoms with Gasteiger partial charge in [-0.1, -0.05) is 149 Å². The molecule has 0 aromatic rings. The summed E-state index contributed by atoms with van der Waals surface area (Å²) in [7, 11) is 5.91. The van der Waals surface area contributed by atoms with E-state index in [9.17, 15) is 19.5 Å². The van der Waals surface area contributed by atoms with Crippen molar-refractivity contribution in [1.29, 1.82) is 0 Å². The zero-order chi connectivity index (χ0) is 43.5. The molecule has 0 bridgehead atoms. The number of hydrogen-bond donors (Lipinski definition) is 1. The van der Waals surface area contributed by atoms with Gasteiger partial charge >= 0.3 is 17.9 Å². The van der Waals surface area contributed by atoms with Gasteiger partial charge in [0.15, 0.2) is 6.10 Å². The molecule has 9 heteroatoms. The van der Waals surface area contributed by atoms with Gasteiger partial charge in [0.25, 0.3) is 6.29 Å². The number of unbranched alkanes of at least 4 members (excludes halogenated alkanes) is 6. The van der Waals surface area contributed by atoms with Crippen molar-refractivity contribution in [3.05, 3.63) is 109 Å². The van der Waals surface area contributed by atoms with Gasteiger partial charge in [-0.05, 0) is 77.0 Å². The normalized spacial score (nSPS) is 14.0. The largest absolute Gasteiger partial charge is 0.477 e. The van der Waals surface area contributed by atoms with Gasteiger partial charge in [0.05, 0.1) is 40.8 Å². The maximum atomic E-state index is 12.7. The van der Waals surface area contributed by atoms with Crippen LogP contribution >= 0.6 is 0 Å². The minimum absolute atomic E-state index is 0.0176. The van der Waals surface area contributed by atoms with Crippen molar-refractivity contribution in [3.8, 4) is 0 Å². The van der Waals surface area contributed by atoms with E-state index >= 15 is 0 Å². The Morgan fingerprint density at radius 2 is 0.966 bits per heavy atom. The lowest BCUT2D eigenvalue weighted by Crippen LogP contribution is -2.40. The van der Waals surface area contributed by atoms with Crippen molar-refractivity contribution < 1.29 is 42.9 Å². The second kappa shape index (κ2) is 40.7. The van der Waals surface area contributed by atoms with Gasteiger partial charge in [0.2, 0.25) is 0 Å². The first-order valence-electron chi connectivity index (χ1n) is 22.1. The summed E-state index contributed by atoms with van der Waals surface area (Å²) >= 11 is 0. The van der Waals surface area contributed by atoms with Crippen LogP contribution in [-0.2, 0) is 33.3 Å². The second-order valence-electron chi connectivity index (χ2n) is 15.3. The molecule has 1 N–H and O–H groups in total. The predicted octanol–water partition coefficient (Wildman–Crippen LogP) is 11.7. The number of quaternary nitrogens is 1. The molecule has 332 valence electrons. The third kappa shape index (κ3) is 41.9. The topological polar surface area (TPSA) is 108 Å². The van der Waals surface area contributed by atoms with E-state index in [4.69, 9.17) is 18.9 Å². The highest BCUT2D eigenvalue weighted by atomic mass is 16.7. The summed E-state index contributed by atoms with van der Waals surface area (Å²) in [4.78, 5) is 37.0. The molecule has 0 aliphatic rings. The SMILES string of the molecule is CC/C=C\C/C=C\C/C=C\C/C=C\C/C=C\CC(=O)OC(COC(=O)CCCCCCCC/C=C\C/C=C\C/C=C\C/C=C\CC)COC(OCC[N+](C)(C)C)C(=O)O. The van der Waals surface area contributed by atoms with Crippen molar-refractivity contribution in [3.63, 3.8) is 0 Å². The van der Waals surface area contributed by atoms with Crippen molar-refractivity contribution in [1.82, 2.24) is 0 Å². The Morgan fingerprint density at radius 3 is 1.44 bits per heavy atom. The summed E-state index contributed by atoms with van der Waals surface area (Å²) in [5.74, 6) is -2.21. The quantitative estimate of drug-likeness (QED) is 0.0216. The van der Waals surface area contributed by atoms with Crippen LogP contribution in [0.2, 0.25) is 0 Å². The van der Waals surface area contributed by atoms with Crippen LogP contribution in [0.25, 0.3) is 0 Å². The third-order valence-corrected chi connectivity index (χ3v) is 8.56. The Labute approximate surface area is 358 Å². The molecule has 0 saturated heterocycles. The molecule has 0 amide bonds. The number of carbonyl (C=O) groups excluding carboxylic acids is 2. The molecule has 0 rings (SSSR count). The maximum absolute atomic E-state index is 12.7. The van der Waals surface area contributed by atoms with Gasteiger partial charge in [-0.25, -0.2) is 4.79 Å². The number of allylic oxidation sites excluding steroid dienone is 17. The van der Waals surface area contributed by atoms with E-state index in [0.717, 1.165) is 89.9 Å². The number of nitrogens with zero attached hydrogens (tertiary/aromatic N) is 1. The van der Waals surface area contributed by atoms with Crippen LogP contribution < -0.4 is 0 Å². The molecule has 2 atom stereocenters. The number of ether oxygens (including phenoxy) is 4. The number of carboxylic acid groups (broad SMARTS) is 1. The molecule has 0 fully saturated rings. The zero-order valence-electron chi connectivity index (χ0n) is 37.4. The lowest BCUT2D eigenvalue weighted by molar-refractivity contribution is -0.870. The molecule has 0 saturated carbocycles. The predicted molar refractivity (Wildman–Crippen MR) is 244 cm³/mol. The van der Waals surface area contributed by atoms with Crippen LogP contribution in [-0.4, -0.2) is 87.4 Å². The van der Waals surface area contributed by atoms with E-state index in [2.05, 4.69) is 105 Å². The third-order valence-electron chi connectivity index (χ3n) is 8.56. The number of carboxylic acids is 1. The van der Waals surface area contributed by atoms with Crippen LogP contribution in [0.15, 0.2) is 109 Å². The van der Waals surface area contributed by atoms with Gasteiger partial charge in [0, 0.05) is 6.42 Å². The number of hydrogen-bond acceptors (Lipinski definition) is 7. The van der Waals surface area contributed by atoms with Gasteiger partial charge < -0.3 is 28.5 Å². The van der Waals surface area contributed by atoms with Crippen molar-refractivity contribution in [2.75, 3.05) is 47.5 Å². The first-order chi connectivity index (χ1) is 28.6. The highest BCUT2D eigenvalue weighted by Crippen LogP contribution is 2.11. The first-order valence-corrected chi connectivity index (χ1v) is 22.1. The lowest BCUT2D eigenvalue weighted by atomic mass is 10.1. The van der Waals surface area contributed by atoms with Gasteiger partial charge in [-0.2, -0.15) is 0 Å². The standard InChI is InChI=1S/C50H79NO8/c1-6-8-10-12-14-16-18-20-22-23-24-25-27-28-30-32-34-36-38-40-47(52)57-44-46(45-58-50(49(54)55)56-43-42-51(3,4)5)59-48(53)41-39-37-35-33-31-29-26-21-19-17-15-13-11-9-7-2/h8-11,14-17,20-22,24-26,31,33,37,39,46,50H,6-7,12-13,18-19,23,27-30,32,34-36,38,40-45H2,1-5H3/p+1/b10-8-,11-9-,16-14-,17-15-,22-20-,25-24-,26-21-,33-31-,39-37-. The van der Waals surface area contributed by atoms with E-state index in [1.807, 2.05) is 33.3 Å². The van der Waals surface area contributed by atoms with E-state index < -0.39 is 30.3 Å². The summed E-state index contributed by atoms with van der Waals surface area (Å²) in [6, 6.07) is 0. The van der Waals surface area contributed by atoms with E-state index in [-0.39, 0.29) is 32.7 Å². The van der Waals surface area contributed by atoms with Gasteiger partial charge in [-0.3, -0.25) is 9.59 Å². The molecule has 0 spiro atoms. The van der Waals surface area contributed by atoms with Crippen molar-refractivity contribution in [2.24, 2.45) is 0 Å². The fourth-order valence-corrected chi connectivity index (χ4v) is 5.19. The molecular formula is C50H80NO8+. The molecule has 0 radical (unpaired) electrons. The molecule has 0 aliphatic heterocycles. The summed E-state index contributed by atoms with van der Waals surface area (Å²) in [6.45, 7) is 4.47. The van der Waals surface area contributed by atoms with Crippen LogP contribution in [0.5, 0.6) is 0 Å². The van der Waals surface area contributed by atoms with E-state index in [1.54, 1.807) is 6.08 Å². The molecule has 59 heavy (non-hydrogen) atoms. The second-order valence-corrected chi connectivity index (χ2v) is 15.3.